The van der Waals surface area contributed by atoms with Crippen molar-refractivity contribution in [3.63, 3.8) is 0 Å². The molecule has 1 fully saturated rings. The van der Waals surface area contributed by atoms with Gasteiger partial charge in [-0.2, -0.15) is 5.10 Å². The SMILES string of the molecule is CN1CC(NC(=O)Nc2cnn(-c3ccccc3)c2)CC1=O. The highest BCUT2D eigenvalue weighted by molar-refractivity contribution is 5.90. The van der Waals surface area contributed by atoms with Crippen LogP contribution in [0.25, 0.3) is 5.69 Å². The largest absolute Gasteiger partial charge is 0.344 e. The zero-order valence-corrected chi connectivity index (χ0v) is 12.2. The highest BCUT2D eigenvalue weighted by Crippen LogP contribution is 2.12. The van der Waals surface area contributed by atoms with Crippen LogP contribution in [0, 0.1) is 0 Å². The summed E-state index contributed by atoms with van der Waals surface area (Å²) in [5.41, 5.74) is 1.51. The first-order chi connectivity index (χ1) is 10.6. The number of carbonyl (C=O) groups excluding carboxylic acids is 2. The number of nitrogens with one attached hydrogen (secondary N) is 2. The number of urea groups is 1. The summed E-state index contributed by atoms with van der Waals surface area (Å²) in [4.78, 5) is 25.0. The molecule has 1 aromatic heterocycles. The van der Waals surface area contributed by atoms with E-state index < -0.39 is 0 Å². The van der Waals surface area contributed by atoms with Gasteiger partial charge in [0.25, 0.3) is 0 Å². The maximum Gasteiger partial charge on any atom is 0.319 e. The van der Waals surface area contributed by atoms with E-state index in [1.807, 2.05) is 30.3 Å². The van der Waals surface area contributed by atoms with Crippen molar-refractivity contribution in [1.29, 1.82) is 0 Å². The van der Waals surface area contributed by atoms with E-state index in [4.69, 9.17) is 0 Å². The first kappa shape index (κ1) is 14.1. The Labute approximate surface area is 127 Å². The van der Waals surface area contributed by atoms with Crippen LogP contribution >= 0.6 is 0 Å². The summed E-state index contributed by atoms with van der Waals surface area (Å²) >= 11 is 0. The number of amides is 3. The molecule has 1 saturated heterocycles. The molecule has 2 N–H and O–H groups in total. The number of hydrogen-bond acceptors (Lipinski definition) is 3. The van der Waals surface area contributed by atoms with Gasteiger partial charge in [-0.05, 0) is 12.1 Å². The van der Waals surface area contributed by atoms with Crippen molar-refractivity contribution < 1.29 is 9.59 Å². The standard InChI is InChI=1S/C15H17N5O2/c1-19-9-11(7-14(19)21)17-15(22)18-12-8-16-20(10-12)13-5-3-2-4-6-13/h2-6,8,10-11H,7,9H2,1H3,(H2,17,18,22). The third kappa shape index (κ3) is 3.08. The zero-order valence-electron chi connectivity index (χ0n) is 12.2. The molecule has 0 bridgehead atoms. The van der Waals surface area contributed by atoms with E-state index >= 15 is 0 Å². The number of likely N-dealkylation sites (N-methyl/N-ethyl adjacent to an activating group) is 1. The lowest BCUT2D eigenvalue weighted by molar-refractivity contribution is -0.126. The zero-order chi connectivity index (χ0) is 15.5. The fraction of sp³-hybridized carbons (Fsp3) is 0.267. The molecule has 7 nitrogen and oxygen atoms in total. The monoisotopic (exact) mass is 299 g/mol. The highest BCUT2D eigenvalue weighted by atomic mass is 16.2. The van der Waals surface area contributed by atoms with E-state index in [0.717, 1.165) is 5.69 Å². The molecule has 2 heterocycles. The summed E-state index contributed by atoms with van der Waals surface area (Å²) in [7, 11) is 1.73. The van der Waals surface area contributed by atoms with Crippen LogP contribution in [0.5, 0.6) is 0 Å². The Bertz CT molecular complexity index is 682. The van der Waals surface area contributed by atoms with Gasteiger partial charge in [-0.25, -0.2) is 9.48 Å². The van der Waals surface area contributed by atoms with Crippen LogP contribution in [0.2, 0.25) is 0 Å². The second-order valence-electron chi connectivity index (χ2n) is 5.28. The van der Waals surface area contributed by atoms with Gasteiger partial charge in [0, 0.05) is 20.0 Å². The number of aromatic nitrogens is 2. The molecule has 1 aliphatic heterocycles. The molecule has 114 valence electrons. The summed E-state index contributed by atoms with van der Waals surface area (Å²) in [6, 6.07) is 9.14. The molecule has 0 radical (unpaired) electrons. The number of benzene rings is 1. The lowest BCUT2D eigenvalue weighted by atomic mass is 10.2. The van der Waals surface area contributed by atoms with Gasteiger partial charge in [0.05, 0.1) is 29.8 Å². The van der Waals surface area contributed by atoms with E-state index in [9.17, 15) is 9.59 Å². The maximum absolute atomic E-state index is 11.9. The van der Waals surface area contributed by atoms with Crippen LogP contribution in [0.15, 0.2) is 42.7 Å². The lowest BCUT2D eigenvalue weighted by Gasteiger charge is -2.12. The van der Waals surface area contributed by atoms with Gasteiger partial charge in [-0.1, -0.05) is 18.2 Å². The predicted molar refractivity (Wildman–Crippen MR) is 81.8 cm³/mol. The van der Waals surface area contributed by atoms with Gasteiger partial charge in [0.1, 0.15) is 0 Å². The molecule has 3 amide bonds. The molecule has 1 atom stereocenters. The van der Waals surface area contributed by atoms with E-state index in [1.54, 1.807) is 29.0 Å². The number of nitrogens with zero attached hydrogens (tertiary/aromatic N) is 3. The normalized spacial score (nSPS) is 17.6. The average Bonchev–Trinajstić information content (AvgIpc) is 3.07. The van der Waals surface area contributed by atoms with Crippen molar-refractivity contribution in [2.24, 2.45) is 0 Å². The van der Waals surface area contributed by atoms with Gasteiger partial charge in [-0.15, -0.1) is 0 Å². The van der Waals surface area contributed by atoms with Crippen LogP contribution in [0.1, 0.15) is 6.42 Å². The maximum atomic E-state index is 11.9. The third-order valence-electron chi connectivity index (χ3n) is 3.54. The minimum absolute atomic E-state index is 0.0437. The van der Waals surface area contributed by atoms with Crippen molar-refractivity contribution in [2.45, 2.75) is 12.5 Å². The molecule has 3 rings (SSSR count). The third-order valence-corrected chi connectivity index (χ3v) is 3.54. The van der Waals surface area contributed by atoms with Crippen molar-refractivity contribution in [3.05, 3.63) is 42.7 Å². The smallest absolute Gasteiger partial charge is 0.319 e. The minimum Gasteiger partial charge on any atom is -0.344 e. The Morgan fingerprint density at radius 2 is 2.09 bits per heavy atom. The summed E-state index contributed by atoms with van der Waals surface area (Å²) in [6.07, 6.45) is 3.66. The molecule has 0 spiro atoms. The van der Waals surface area contributed by atoms with Gasteiger partial charge >= 0.3 is 6.03 Å². The molecule has 0 aliphatic carbocycles. The molecular formula is C15H17N5O2. The fourth-order valence-corrected chi connectivity index (χ4v) is 2.42. The highest BCUT2D eigenvalue weighted by Gasteiger charge is 2.27. The second-order valence-corrected chi connectivity index (χ2v) is 5.28. The average molecular weight is 299 g/mol. The van der Waals surface area contributed by atoms with Crippen LogP contribution < -0.4 is 10.6 Å². The first-order valence-electron chi connectivity index (χ1n) is 7.03. The van der Waals surface area contributed by atoms with Crippen molar-refractivity contribution >= 4 is 17.6 Å². The Morgan fingerprint density at radius 1 is 1.32 bits per heavy atom. The molecule has 1 aliphatic rings. The Balaban J connectivity index is 1.58. The summed E-state index contributed by atoms with van der Waals surface area (Å²) in [5.74, 6) is 0.0437. The number of rotatable bonds is 3. The second kappa shape index (κ2) is 5.88. The molecule has 1 aromatic carbocycles. The van der Waals surface area contributed by atoms with E-state index in [1.165, 1.54) is 0 Å². The number of likely N-dealkylation sites (tertiary alicyclic amines) is 1. The molecule has 0 saturated carbocycles. The first-order valence-corrected chi connectivity index (χ1v) is 7.03. The van der Waals surface area contributed by atoms with Gasteiger partial charge < -0.3 is 15.5 Å². The quantitative estimate of drug-likeness (QED) is 0.894. The van der Waals surface area contributed by atoms with Crippen LogP contribution in [0.4, 0.5) is 10.5 Å². The summed E-state index contributed by atoms with van der Waals surface area (Å²) in [5, 5.41) is 9.72. The lowest BCUT2D eigenvalue weighted by Crippen LogP contribution is -2.39. The van der Waals surface area contributed by atoms with Crippen LogP contribution in [0.3, 0.4) is 0 Å². The van der Waals surface area contributed by atoms with Gasteiger partial charge in [-0.3, -0.25) is 4.79 Å². The molecule has 2 aromatic rings. The van der Waals surface area contributed by atoms with E-state index in [2.05, 4.69) is 15.7 Å². The number of hydrogen-bond donors (Lipinski definition) is 2. The number of anilines is 1. The molecule has 1 unspecified atom stereocenters. The summed E-state index contributed by atoms with van der Waals surface area (Å²) in [6.45, 7) is 0.537. The van der Waals surface area contributed by atoms with Crippen LogP contribution in [-0.4, -0.2) is 46.3 Å². The topological polar surface area (TPSA) is 79.3 Å². The Hall–Kier alpha value is -2.83. The van der Waals surface area contributed by atoms with Crippen molar-refractivity contribution in [3.8, 4) is 5.69 Å². The Kier molecular flexibility index (Phi) is 3.78. The molecule has 7 heteroatoms. The van der Waals surface area contributed by atoms with Crippen molar-refractivity contribution in [2.75, 3.05) is 18.9 Å². The summed E-state index contributed by atoms with van der Waals surface area (Å²) < 4.78 is 1.68. The molecular weight excluding hydrogens is 282 g/mol. The van der Waals surface area contributed by atoms with Gasteiger partial charge in [0.2, 0.25) is 5.91 Å². The Morgan fingerprint density at radius 3 is 2.77 bits per heavy atom. The van der Waals surface area contributed by atoms with Crippen molar-refractivity contribution in [1.82, 2.24) is 20.0 Å². The molecule has 22 heavy (non-hydrogen) atoms. The number of para-hydroxylation sites is 1. The van der Waals surface area contributed by atoms with Gasteiger partial charge in [0.15, 0.2) is 0 Å². The van der Waals surface area contributed by atoms with E-state index in [0.29, 0.717) is 18.7 Å². The van der Waals surface area contributed by atoms with Crippen LogP contribution in [-0.2, 0) is 4.79 Å². The minimum atomic E-state index is -0.333. The fourth-order valence-electron chi connectivity index (χ4n) is 2.42. The van der Waals surface area contributed by atoms with E-state index in [-0.39, 0.29) is 18.0 Å². The number of carbonyl (C=O) groups is 2. The predicted octanol–water partition coefficient (Wildman–Crippen LogP) is 1.22.